The van der Waals surface area contributed by atoms with Gasteiger partial charge in [0.05, 0.1) is 10.8 Å². The first-order valence-electron chi connectivity index (χ1n) is 7.18. The number of alkyl halides is 1. The van der Waals surface area contributed by atoms with Gasteiger partial charge >= 0.3 is 16.6 Å². The van der Waals surface area contributed by atoms with Crippen molar-refractivity contribution >= 4 is 51.4 Å². The molecule has 2 N–H and O–H groups in total. The molecule has 0 aliphatic heterocycles. The van der Waals surface area contributed by atoms with E-state index in [1.807, 2.05) is 0 Å². The van der Waals surface area contributed by atoms with Crippen molar-refractivity contribution in [1.29, 1.82) is 0 Å². The second-order valence-corrected chi connectivity index (χ2v) is 6.99. The van der Waals surface area contributed by atoms with Gasteiger partial charge in [-0.15, -0.1) is 11.6 Å². The highest BCUT2D eigenvalue weighted by molar-refractivity contribution is 6.93. The Kier molecular flexibility index (Phi) is 9.18. The predicted octanol–water partition coefficient (Wildman–Crippen LogP) is 4.88. The minimum absolute atomic E-state index is 0.255. The zero-order valence-electron chi connectivity index (χ0n) is 13.0. The van der Waals surface area contributed by atoms with Crippen molar-refractivity contribution in [1.82, 2.24) is 0 Å². The van der Waals surface area contributed by atoms with Crippen LogP contribution in [0.15, 0.2) is 12.2 Å². The van der Waals surface area contributed by atoms with Gasteiger partial charge in [-0.3, -0.25) is 14.4 Å². The fourth-order valence-corrected chi connectivity index (χ4v) is 2.60. The topological polar surface area (TPSA) is 91.7 Å². The number of carbonyl (C=O) groups is 3. The molecule has 2 aliphatic carbocycles. The van der Waals surface area contributed by atoms with Crippen LogP contribution in [0.2, 0.25) is 0 Å². The van der Waals surface area contributed by atoms with Gasteiger partial charge < -0.3 is 10.2 Å². The molecule has 8 heteroatoms. The lowest BCUT2D eigenvalue weighted by atomic mass is 9.64. The van der Waals surface area contributed by atoms with Crippen LogP contribution in [0.1, 0.15) is 46.0 Å². The summed E-state index contributed by atoms with van der Waals surface area (Å²) in [4.78, 5) is 31.5. The Morgan fingerprint density at radius 3 is 1.83 bits per heavy atom. The quantitative estimate of drug-likeness (QED) is 0.409. The molecule has 3 atom stereocenters. The van der Waals surface area contributed by atoms with Gasteiger partial charge in [0.25, 0.3) is 0 Å². The summed E-state index contributed by atoms with van der Waals surface area (Å²) in [6.07, 6.45) is 8.16. The van der Waals surface area contributed by atoms with Crippen molar-refractivity contribution in [2.24, 2.45) is 10.8 Å². The van der Waals surface area contributed by atoms with Crippen molar-refractivity contribution in [3.63, 3.8) is 0 Å². The van der Waals surface area contributed by atoms with Crippen LogP contribution in [-0.4, -0.2) is 32.2 Å². The van der Waals surface area contributed by atoms with Crippen molar-refractivity contribution in [3.05, 3.63) is 12.2 Å². The number of rotatable bonds is 3. The lowest BCUT2D eigenvalue weighted by Gasteiger charge is -2.42. The summed E-state index contributed by atoms with van der Waals surface area (Å²) in [5, 5.41) is 17.5. The molecule has 0 radical (unpaired) electrons. The van der Waals surface area contributed by atoms with E-state index in [4.69, 9.17) is 21.5 Å². The maximum atomic E-state index is 11.3. The van der Waals surface area contributed by atoms with Gasteiger partial charge in [-0.2, -0.15) is 0 Å². The van der Waals surface area contributed by atoms with Crippen LogP contribution in [0.3, 0.4) is 0 Å². The molecule has 2 aliphatic rings. The zero-order valence-corrected chi connectivity index (χ0v) is 15.3. The summed E-state index contributed by atoms with van der Waals surface area (Å²) in [5.74, 6) is -2.13. The molecule has 0 aromatic carbocycles. The summed E-state index contributed by atoms with van der Waals surface area (Å²) in [6, 6.07) is 0. The van der Waals surface area contributed by atoms with Gasteiger partial charge in [-0.1, -0.05) is 38.3 Å². The predicted molar refractivity (Wildman–Crippen MR) is 90.5 cm³/mol. The number of hydrogen-bond acceptors (Lipinski definition) is 3. The smallest absolute Gasteiger partial charge is 0.315 e. The molecule has 0 saturated heterocycles. The number of carboxylic acid groups (broad SMARTS) is 2. The Bertz CT molecular complexity index is 471. The van der Waals surface area contributed by atoms with Crippen molar-refractivity contribution in [3.8, 4) is 0 Å². The largest absolute Gasteiger partial charge is 0.481 e. The van der Waals surface area contributed by atoms with Crippen LogP contribution in [-0.2, 0) is 9.59 Å². The lowest BCUT2D eigenvalue weighted by molar-refractivity contribution is -0.154. The van der Waals surface area contributed by atoms with E-state index < -0.39 is 32.8 Å². The molecule has 0 bridgehead atoms. The first kappa shape index (κ1) is 22.2. The average Bonchev–Trinajstić information content (AvgIpc) is 3.29. The summed E-state index contributed by atoms with van der Waals surface area (Å²) < 4.78 is -0.889. The molecule has 0 aromatic heterocycles. The van der Waals surface area contributed by atoms with Gasteiger partial charge in [-0.05, 0) is 43.0 Å². The van der Waals surface area contributed by atoms with Gasteiger partial charge in [0.1, 0.15) is 5.41 Å². The highest BCUT2D eigenvalue weighted by Gasteiger charge is 2.55. The van der Waals surface area contributed by atoms with Crippen LogP contribution >= 0.6 is 34.8 Å². The molecular weight excluding hydrogens is 367 g/mol. The highest BCUT2D eigenvalue weighted by atomic mass is 35.5. The minimum atomic E-state index is -1.28. The minimum Gasteiger partial charge on any atom is -0.481 e. The second kappa shape index (κ2) is 9.50. The number of halogens is 3. The second-order valence-electron chi connectivity index (χ2n) is 5.68. The van der Waals surface area contributed by atoms with Crippen LogP contribution in [0.4, 0.5) is 4.79 Å². The number of aliphatic carboxylic acids is 2. The van der Waals surface area contributed by atoms with E-state index in [-0.39, 0.29) is 12.8 Å². The molecule has 1 fully saturated rings. The third-order valence-electron chi connectivity index (χ3n) is 3.79. The fraction of sp³-hybridized carbons (Fsp3) is 0.667. The van der Waals surface area contributed by atoms with Crippen LogP contribution < -0.4 is 0 Å². The van der Waals surface area contributed by atoms with E-state index in [9.17, 15) is 14.7 Å². The third-order valence-corrected chi connectivity index (χ3v) is 4.67. The van der Waals surface area contributed by atoms with E-state index >= 15 is 0 Å². The Morgan fingerprint density at radius 1 is 1.13 bits per heavy atom. The molecule has 0 heterocycles. The molecule has 2 rings (SSSR count). The van der Waals surface area contributed by atoms with Crippen LogP contribution in [0, 0.1) is 10.8 Å². The molecule has 132 valence electrons. The molecule has 3 unspecified atom stereocenters. The molecule has 0 amide bonds. The van der Waals surface area contributed by atoms with Crippen molar-refractivity contribution in [2.45, 2.75) is 51.3 Å². The maximum absolute atomic E-state index is 11.3. The first-order chi connectivity index (χ1) is 10.5. The van der Waals surface area contributed by atoms with Crippen molar-refractivity contribution in [2.75, 3.05) is 0 Å². The third kappa shape index (κ3) is 6.32. The number of allylic oxidation sites excluding steroid dienone is 1. The van der Waals surface area contributed by atoms with E-state index in [1.165, 1.54) is 32.3 Å². The Labute approximate surface area is 150 Å². The standard InChI is InChI=1S/C11H15ClO4.C3H6.CCl2O/c1-3-11(9(15)16)6-4-5-10(2,7(11)12)8(13)14;1-2-3-1;2-1(3)4/h4,6-7H,3,5H2,1-2H3,(H,13,14)(H,15,16);1-3H2;. The maximum Gasteiger partial charge on any atom is 0.315 e. The van der Waals surface area contributed by atoms with Crippen LogP contribution in [0.25, 0.3) is 0 Å². The summed E-state index contributed by atoms with van der Waals surface area (Å²) in [5.41, 5.74) is -2.52. The van der Waals surface area contributed by atoms with E-state index in [2.05, 4.69) is 23.2 Å². The van der Waals surface area contributed by atoms with E-state index in [0.29, 0.717) is 0 Å². The number of hydrogen-bond donors (Lipinski definition) is 2. The molecule has 23 heavy (non-hydrogen) atoms. The van der Waals surface area contributed by atoms with E-state index in [0.717, 1.165) is 0 Å². The van der Waals surface area contributed by atoms with Gasteiger partial charge in [0.2, 0.25) is 0 Å². The Morgan fingerprint density at radius 2 is 1.57 bits per heavy atom. The summed E-state index contributed by atoms with van der Waals surface area (Å²) in [7, 11) is 0. The van der Waals surface area contributed by atoms with Gasteiger partial charge in [-0.25, -0.2) is 0 Å². The number of carbonyl (C=O) groups excluding carboxylic acids is 1. The monoisotopic (exact) mass is 386 g/mol. The molecule has 0 spiro atoms. The highest BCUT2D eigenvalue weighted by Crippen LogP contribution is 2.48. The summed E-state index contributed by atoms with van der Waals surface area (Å²) in [6.45, 7) is 3.19. The van der Waals surface area contributed by atoms with Crippen LogP contribution in [0.5, 0.6) is 0 Å². The fourth-order valence-electron chi connectivity index (χ4n) is 2.09. The zero-order chi connectivity index (χ0) is 18.3. The Balaban J connectivity index is 0.000000571. The SMILES string of the molecule is C1CC1.CCC1(C(=O)O)C=CCC(C)(C(=O)O)C1Cl.O=C(Cl)Cl. The molecule has 0 aromatic rings. The lowest BCUT2D eigenvalue weighted by Crippen LogP contribution is -2.51. The normalized spacial score (nSPS) is 30.9. The van der Waals surface area contributed by atoms with Crippen molar-refractivity contribution < 1.29 is 24.6 Å². The summed E-state index contributed by atoms with van der Waals surface area (Å²) >= 11 is 14.9. The first-order valence-corrected chi connectivity index (χ1v) is 8.37. The number of carboxylic acids is 2. The molecule has 1 saturated carbocycles. The molecular formula is C15H21Cl3O5. The average molecular weight is 388 g/mol. The van der Waals surface area contributed by atoms with E-state index in [1.54, 1.807) is 13.0 Å². The molecule has 5 nitrogen and oxygen atoms in total. The van der Waals surface area contributed by atoms with Gasteiger partial charge in [0, 0.05) is 0 Å². The Hall–Kier alpha value is -0.780. The van der Waals surface area contributed by atoms with Gasteiger partial charge in [0.15, 0.2) is 0 Å².